The second-order valence-corrected chi connectivity index (χ2v) is 2.99. The maximum absolute atomic E-state index is 11.0. The lowest BCUT2D eigenvalue weighted by Crippen LogP contribution is -2.22. The summed E-state index contributed by atoms with van der Waals surface area (Å²) in [6.07, 6.45) is 0. The van der Waals surface area contributed by atoms with Gasteiger partial charge in [0.25, 0.3) is 5.56 Å². The molecule has 5 nitrogen and oxygen atoms in total. The fourth-order valence-corrected chi connectivity index (χ4v) is 1.21. The van der Waals surface area contributed by atoms with Crippen LogP contribution in [0.1, 0.15) is 0 Å². The molecule has 1 aromatic carbocycles. The standard InChI is InChI=1S/C10H9N3O2/c14-9-6-8(12-10(15)13-9)11-7-4-2-1-3-5-7/h1-6H,(H3,11,12,13,14,15). The Hall–Kier alpha value is -2.30. The van der Waals surface area contributed by atoms with Gasteiger partial charge >= 0.3 is 5.69 Å². The number of hydrogen-bond donors (Lipinski definition) is 3. The van der Waals surface area contributed by atoms with E-state index in [9.17, 15) is 9.59 Å². The molecule has 0 aliphatic carbocycles. The monoisotopic (exact) mass is 203 g/mol. The molecule has 5 heteroatoms. The Bertz CT molecular complexity index is 528. The first-order chi connectivity index (χ1) is 7.24. The van der Waals surface area contributed by atoms with Gasteiger partial charge < -0.3 is 5.32 Å². The molecule has 0 aliphatic heterocycles. The van der Waals surface area contributed by atoms with Gasteiger partial charge in [-0.25, -0.2) is 4.79 Å². The lowest BCUT2D eigenvalue weighted by atomic mass is 10.3. The summed E-state index contributed by atoms with van der Waals surface area (Å²) in [6.45, 7) is 0. The van der Waals surface area contributed by atoms with Crippen molar-refractivity contribution in [3.63, 3.8) is 0 Å². The molecule has 0 saturated carbocycles. The third-order valence-corrected chi connectivity index (χ3v) is 1.81. The van der Waals surface area contributed by atoms with Crippen LogP contribution in [0, 0.1) is 0 Å². The third-order valence-electron chi connectivity index (χ3n) is 1.81. The normalized spacial score (nSPS) is 9.87. The molecule has 0 spiro atoms. The van der Waals surface area contributed by atoms with Crippen molar-refractivity contribution in [2.45, 2.75) is 0 Å². The topological polar surface area (TPSA) is 77.8 Å². The van der Waals surface area contributed by atoms with Crippen LogP contribution >= 0.6 is 0 Å². The van der Waals surface area contributed by atoms with Crippen molar-refractivity contribution in [1.29, 1.82) is 0 Å². The van der Waals surface area contributed by atoms with E-state index in [-0.39, 0.29) is 0 Å². The predicted molar refractivity (Wildman–Crippen MR) is 57.4 cm³/mol. The smallest absolute Gasteiger partial charge is 0.327 e. The zero-order valence-electron chi connectivity index (χ0n) is 7.78. The second-order valence-electron chi connectivity index (χ2n) is 2.99. The first-order valence-electron chi connectivity index (χ1n) is 4.40. The molecule has 0 radical (unpaired) electrons. The van der Waals surface area contributed by atoms with E-state index >= 15 is 0 Å². The van der Waals surface area contributed by atoms with Gasteiger partial charge in [0.15, 0.2) is 0 Å². The first-order valence-corrected chi connectivity index (χ1v) is 4.40. The fraction of sp³-hybridized carbons (Fsp3) is 0. The molecule has 2 aromatic rings. The van der Waals surface area contributed by atoms with Gasteiger partial charge in [-0.1, -0.05) is 18.2 Å². The van der Waals surface area contributed by atoms with Crippen molar-refractivity contribution in [2.75, 3.05) is 5.32 Å². The lowest BCUT2D eigenvalue weighted by molar-refractivity contribution is 1.04. The maximum Gasteiger partial charge on any atom is 0.327 e. The molecule has 0 amide bonds. The third kappa shape index (κ3) is 2.34. The Morgan fingerprint density at radius 1 is 1.00 bits per heavy atom. The number of aromatic nitrogens is 2. The van der Waals surface area contributed by atoms with Crippen molar-refractivity contribution in [3.8, 4) is 0 Å². The Balaban J connectivity index is 2.33. The zero-order valence-corrected chi connectivity index (χ0v) is 7.78. The minimum Gasteiger partial charge on any atom is -0.342 e. The highest BCUT2D eigenvalue weighted by Crippen LogP contribution is 2.10. The minimum absolute atomic E-state index is 0.370. The molecule has 1 heterocycles. The van der Waals surface area contributed by atoms with Gasteiger partial charge in [-0.15, -0.1) is 0 Å². The van der Waals surface area contributed by atoms with E-state index in [0.717, 1.165) is 5.69 Å². The van der Waals surface area contributed by atoms with Crippen molar-refractivity contribution >= 4 is 11.5 Å². The fourth-order valence-electron chi connectivity index (χ4n) is 1.21. The van der Waals surface area contributed by atoms with Crippen molar-refractivity contribution < 1.29 is 0 Å². The lowest BCUT2D eigenvalue weighted by Gasteiger charge is -2.03. The number of rotatable bonds is 2. The summed E-state index contributed by atoms with van der Waals surface area (Å²) in [5.74, 6) is 0.370. The number of benzene rings is 1. The molecule has 0 bridgehead atoms. The van der Waals surface area contributed by atoms with Crippen LogP contribution in [0.5, 0.6) is 0 Å². The highest BCUT2D eigenvalue weighted by molar-refractivity contribution is 5.54. The highest BCUT2D eigenvalue weighted by atomic mass is 16.2. The van der Waals surface area contributed by atoms with Gasteiger partial charge in [-0.3, -0.25) is 14.8 Å². The van der Waals surface area contributed by atoms with Gasteiger partial charge in [-0.2, -0.15) is 0 Å². The van der Waals surface area contributed by atoms with E-state index in [4.69, 9.17) is 0 Å². The highest BCUT2D eigenvalue weighted by Gasteiger charge is 1.96. The van der Waals surface area contributed by atoms with Crippen LogP contribution in [-0.4, -0.2) is 9.97 Å². The molecule has 0 saturated heterocycles. The summed E-state index contributed by atoms with van der Waals surface area (Å²) in [7, 11) is 0. The summed E-state index contributed by atoms with van der Waals surface area (Å²) >= 11 is 0. The molecule has 2 rings (SSSR count). The van der Waals surface area contributed by atoms with E-state index in [1.807, 2.05) is 30.3 Å². The van der Waals surface area contributed by atoms with E-state index in [1.54, 1.807) is 0 Å². The molecule has 76 valence electrons. The Kier molecular flexibility index (Phi) is 2.37. The summed E-state index contributed by atoms with van der Waals surface area (Å²) in [5.41, 5.74) is -0.156. The summed E-state index contributed by atoms with van der Waals surface area (Å²) < 4.78 is 0. The number of hydrogen-bond acceptors (Lipinski definition) is 3. The molecule has 0 aliphatic rings. The summed E-state index contributed by atoms with van der Waals surface area (Å²) in [5, 5.41) is 2.91. The molecule has 1 aromatic heterocycles. The number of nitrogens with one attached hydrogen (secondary N) is 3. The number of aromatic amines is 2. The van der Waals surface area contributed by atoms with E-state index in [0.29, 0.717) is 5.82 Å². The number of H-pyrrole nitrogens is 2. The Morgan fingerprint density at radius 2 is 1.73 bits per heavy atom. The largest absolute Gasteiger partial charge is 0.342 e. The Morgan fingerprint density at radius 3 is 2.40 bits per heavy atom. The molecule has 0 fully saturated rings. The van der Waals surface area contributed by atoms with Crippen molar-refractivity contribution in [1.82, 2.24) is 9.97 Å². The van der Waals surface area contributed by atoms with E-state index in [2.05, 4.69) is 15.3 Å². The van der Waals surface area contributed by atoms with Crippen molar-refractivity contribution in [2.24, 2.45) is 0 Å². The van der Waals surface area contributed by atoms with Crippen LogP contribution in [0.15, 0.2) is 46.0 Å². The summed E-state index contributed by atoms with van der Waals surface area (Å²) in [6, 6.07) is 10.5. The van der Waals surface area contributed by atoms with Crippen LogP contribution < -0.4 is 16.6 Å². The average molecular weight is 203 g/mol. The summed E-state index contributed by atoms with van der Waals surface area (Å²) in [4.78, 5) is 26.5. The van der Waals surface area contributed by atoms with Gasteiger partial charge in [0.2, 0.25) is 0 Å². The Labute approximate surface area is 84.8 Å². The second kappa shape index (κ2) is 3.83. The molecule has 0 unspecified atom stereocenters. The van der Waals surface area contributed by atoms with Crippen LogP contribution in [0.4, 0.5) is 11.5 Å². The number of anilines is 2. The van der Waals surface area contributed by atoms with Crippen LogP contribution in [0.25, 0.3) is 0 Å². The van der Waals surface area contributed by atoms with Crippen LogP contribution in [0.2, 0.25) is 0 Å². The first kappa shape index (κ1) is 9.26. The molecule has 3 N–H and O–H groups in total. The molecular formula is C10H9N3O2. The average Bonchev–Trinajstić information content (AvgIpc) is 2.17. The van der Waals surface area contributed by atoms with Gasteiger partial charge in [0.05, 0.1) is 0 Å². The van der Waals surface area contributed by atoms with Crippen molar-refractivity contribution in [3.05, 3.63) is 57.2 Å². The van der Waals surface area contributed by atoms with E-state index < -0.39 is 11.2 Å². The van der Waals surface area contributed by atoms with Gasteiger partial charge in [-0.05, 0) is 12.1 Å². The SMILES string of the molecule is O=c1cc(Nc2ccccc2)[nH]c(=O)[nH]1. The quantitative estimate of drug-likeness (QED) is 0.675. The van der Waals surface area contributed by atoms with Gasteiger partial charge in [0, 0.05) is 11.8 Å². The van der Waals surface area contributed by atoms with Crippen LogP contribution in [0.3, 0.4) is 0 Å². The molecule has 15 heavy (non-hydrogen) atoms. The van der Waals surface area contributed by atoms with Gasteiger partial charge in [0.1, 0.15) is 5.82 Å². The molecular weight excluding hydrogens is 194 g/mol. The maximum atomic E-state index is 11.0. The molecule has 0 atom stereocenters. The van der Waals surface area contributed by atoms with Crippen LogP contribution in [-0.2, 0) is 0 Å². The minimum atomic E-state index is -0.527. The predicted octanol–water partition coefficient (Wildman–Crippen LogP) is 0.807. The zero-order chi connectivity index (χ0) is 10.7. The van der Waals surface area contributed by atoms with E-state index in [1.165, 1.54) is 6.07 Å². The number of para-hydroxylation sites is 1.